The van der Waals surface area contributed by atoms with Gasteiger partial charge >= 0.3 is 0 Å². The number of nitrogens with zero attached hydrogens (tertiary/aromatic N) is 1. The van der Waals surface area contributed by atoms with Gasteiger partial charge in [0, 0.05) is 13.1 Å². The van der Waals surface area contributed by atoms with E-state index in [9.17, 15) is 0 Å². The Morgan fingerprint density at radius 2 is 2.00 bits per heavy atom. The maximum absolute atomic E-state index is 5.82. The molecule has 0 amide bonds. The van der Waals surface area contributed by atoms with Crippen molar-refractivity contribution in [3.8, 4) is 0 Å². The highest BCUT2D eigenvalue weighted by atomic mass is 15.1. The first-order valence-corrected chi connectivity index (χ1v) is 6.58. The summed E-state index contributed by atoms with van der Waals surface area (Å²) in [6.45, 7) is 5.33. The summed E-state index contributed by atoms with van der Waals surface area (Å²) >= 11 is 0. The normalized spacial score (nSPS) is 17.4. The van der Waals surface area contributed by atoms with Crippen LogP contribution in [-0.4, -0.2) is 31.6 Å². The Kier molecular flexibility index (Phi) is 3.85. The molecule has 0 saturated heterocycles. The lowest BCUT2D eigenvalue weighted by Crippen LogP contribution is -2.32. The average Bonchev–Trinajstić information content (AvgIpc) is 3.08. The monoisotopic (exact) mass is 232 g/mol. The number of hydrogen-bond donors (Lipinski definition) is 1. The molecule has 0 atom stereocenters. The van der Waals surface area contributed by atoms with Gasteiger partial charge in [-0.15, -0.1) is 0 Å². The predicted molar refractivity (Wildman–Crippen MR) is 73.1 cm³/mol. The minimum absolute atomic E-state index is 0.459. The maximum atomic E-state index is 5.82. The fourth-order valence-corrected chi connectivity index (χ4v) is 2.46. The van der Waals surface area contributed by atoms with Crippen LogP contribution in [-0.2, 0) is 6.42 Å². The molecule has 2 N–H and O–H groups in total. The molecule has 1 saturated carbocycles. The fraction of sp³-hybridized carbons (Fsp3) is 0.600. The molecule has 1 fully saturated rings. The minimum Gasteiger partial charge on any atom is -0.330 e. The van der Waals surface area contributed by atoms with Crippen LogP contribution in [0.1, 0.15) is 24.0 Å². The van der Waals surface area contributed by atoms with Crippen molar-refractivity contribution < 1.29 is 0 Å². The SMILES string of the molecule is Cc1ccccc1CCN(C)CC1(CN)CC1. The minimum atomic E-state index is 0.459. The molecule has 1 aliphatic carbocycles. The molecular formula is C15H24N2. The van der Waals surface area contributed by atoms with Crippen molar-refractivity contribution in [2.75, 3.05) is 26.7 Å². The van der Waals surface area contributed by atoms with Gasteiger partial charge in [0.2, 0.25) is 0 Å². The summed E-state index contributed by atoms with van der Waals surface area (Å²) in [5.41, 5.74) is 9.15. The van der Waals surface area contributed by atoms with Gasteiger partial charge in [-0.25, -0.2) is 0 Å². The zero-order valence-corrected chi connectivity index (χ0v) is 11.1. The summed E-state index contributed by atoms with van der Waals surface area (Å²) in [4.78, 5) is 2.44. The van der Waals surface area contributed by atoms with Crippen LogP contribution in [0.5, 0.6) is 0 Å². The molecule has 2 nitrogen and oxygen atoms in total. The molecule has 1 aromatic rings. The molecular weight excluding hydrogens is 208 g/mol. The smallest absolute Gasteiger partial charge is 0.00471 e. The Morgan fingerprint density at radius 3 is 2.59 bits per heavy atom. The Morgan fingerprint density at radius 1 is 1.29 bits per heavy atom. The van der Waals surface area contributed by atoms with Gasteiger partial charge in [0.25, 0.3) is 0 Å². The predicted octanol–water partition coefficient (Wildman–Crippen LogP) is 2.21. The number of aryl methyl sites for hydroxylation is 1. The van der Waals surface area contributed by atoms with Crippen LogP contribution in [0, 0.1) is 12.3 Å². The van der Waals surface area contributed by atoms with Crippen molar-refractivity contribution in [2.24, 2.45) is 11.1 Å². The van der Waals surface area contributed by atoms with E-state index < -0.39 is 0 Å². The second-order valence-electron chi connectivity index (χ2n) is 5.62. The largest absolute Gasteiger partial charge is 0.330 e. The van der Waals surface area contributed by atoms with Crippen molar-refractivity contribution in [3.63, 3.8) is 0 Å². The second-order valence-corrected chi connectivity index (χ2v) is 5.62. The molecule has 0 bridgehead atoms. The summed E-state index contributed by atoms with van der Waals surface area (Å²) in [6, 6.07) is 8.66. The van der Waals surface area contributed by atoms with Crippen LogP contribution in [0.3, 0.4) is 0 Å². The molecule has 0 heterocycles. The first-order chi connectivity index (χ1) is 8.15. The van der Waals surface area contributed by atoms with E-state index >= 15 is 0 Å². The van der Waals surface area contributed by atoms with Gasteiger partial charge in [-0.2, -0.15) is 0 Å². The fourth-order valence-electron chi connectivity index (χ4n) is 2.46. The Bertz CT molecular complexity index is 369. The third-order valence-corrected chi connectivity index (χ3v) is 4.02. The molecule has 94 valence electrons. The van der Waals surface area contributed by atoms with Crippen molar-refractivity contribution in [3.05, 3.63) is 35.4 Å². The van der Waals surface area contributed by atoms with Gasteiger partial charge in [0.1, 0.15) is 0 Å². The Balaban J connectivity index is 1.80. The zero-order valence-electron chi connectivity index (χ0n) is 11.1. The quantitative estimate of drug-likeness (QED) is 0.815. The lowest BCUT2D eigenvalue weighted by molar-refractivity contribution is 0.269. The van der Waals surface area contributed by atoms with Crippen molar-refractivity contribution in [1.29, 1.82) is 0 Å². The van der Waals surface area contributed by atoms with Gasteiger partial charge in [-0.05, 0) is 56.3 Å². The van der Waals surface area contributed by atoms with E-state index in [1.807, 2.05) is 0 Å². The van der Waals surface area contributed by atoms with Gasteiger partial charge in [-0.1, -0.05) is 24.3 Å². The third kappa shape index (κ3) is 3.30. The topological polar surface area (TPSA) is 29.3 Å². The van der Waals surface area contributed by atoms with E-state index in [0.717, 1.165) is 26.1 Å². The summed E-state index contributed by atoms with van der Waals surface area (Å²) in [5, 5.41) is 0. The average molecular weight is 232 g/mol. The number of rotatable bonds is 6. The third-order valence-electron chi connectivity index (χ3n) is 4.02. The van der Waals surface area contributed by atoms with E-state index in [4.69, 9.17) is 5.73 Å². The molecule has 0 aromatic heterocycles. The van der Waals surface area contributed by atoms with Crippen LogP contribution >= 0.6 is 0 Å². The lowest BCUT2D eigenvalue weighted by atomic mass is 10.0. The molecule has 0 radical (unpaired) electrons. The highest BCUT2D eigenvalue weighted by molar-refractivity contribution is 5.25. The highest BCUT2D eigenvalue weighted by Crippen LogP contribution is 2.44. The van der Waals surface area contributed by atoms with Gasteiger partial charge in [-0.3, -0.25) is 0 Å². The van der Waals surface area contributed by atoms with E-state index in [1.165, 1.54) is 24.0 Å². The number of likely N-dealkylation sites (N-methyl/N-ethyl adjacent to an activating group) is 1. The van der Waals surface area contributed by atoms with Crippen molar-refractivity contribution in [2.45, 2.75) is 26.2 Å². The van der Waals surface area contributed by atoms with Gasteiger partial charge in [0.15, 0.2) is 0 Å². The molecule has 0 unspecified atom stereocenters. The van der Waals surface area contributed by atoms with E-state index in [2.05, 4.69) is 43.1 Å². The number of nitrogens with two attached hydrogens (primary N) is 1. The molecule has 0 aliphatic heterocycles. The summed E-state index contributed by atoms with van der Waals surface area (Å²) in [5.74, 6) is 0. The van der Waals surface area contributed by atoms with Crippen LogP contribution < -0.4 is 5.73 Å². The number of benzene rings is 1. The molecule has 1 aromatic carbocycles. The summed E-state index contributed by atoms with van der Waals surface area (Å²) < 4.78 is 0. The highest BCUT2D eigenvalue weighted by Gasteiger charge is 2.41. The maximum Gasteiger partial charge on any atom is 0.00471 e. The Hall–Kier alpha value is -0.860. The molecule has 0 spiro atoms. The summed E-state index contributed by atoms with van der Waals surface area (Å²) in [6.07, 6.45) is 3.78. The van der Waals surface area contributed by atoms with Gasteiger partial charge < -0.3 is 10.6 Å². The van der Waals surface area contributed by atoms with Crippen LogP contribution in [0.15, 0.2) is 24.3 Å². The van der Waals surface area contributed by atoms with E-state index in [0.29, 0.717) is 5.41 Å². The van der Waals surface area contributed by atoms with Crippen LogP contribution in [0.4, 0.5) is 0 Å². The molecule has 17 heavy (non-hydrogen) atoms. The molecule has 2 heteroatoms. The van der Waals surface area contributed by atoms with Crippen LogP contribution in [0.2, 0.25) is 0 Å². The second kappa shape index (κ2) is 5.19. The van der Waals surface area contributed by atoms with Crippen molar-refractivity contribution >= 4 is 0 Å². The first kappa shape index (κ1) is 12.6. The van der Waals surface area contributed by atoms with E-state index in [1.54, 1.807) is 0 Å². The lowest BCUT2D eigenvalue weighted by Gasteiger charge is -2.22. The zero-order chi connectivity index (χ0) is 12.3. The molecule has 1 aliphatic rings. The summed E-state index contributed by atoms with van der Waals surface area (Å²) in [7, 11) is 2.22. The number of hydrogen-bond acceptors (Lipinski definition) is 2. The Labute approximate surface area is 105 Å². The first-order valence-electron chi connectivity index (χ1n) is 6.58. The molecule has 2 rings (SSSR count). The standard InChI is InChI=1S/C15H24N2/c1-13-5-3-4-6-14(13)7-10-17(2)12-15(11-16)8-9-15/h3-6H,7-12,16H2,1-2H3. The van der Waals surface area contributed by atoms with Gasteiger partial charge in [0.05, 0.1) is 0 Å². The van der Waals surface area contributed by atoms with Crippen LogP contribution in [0.25, 0.3) is 0 Å². The van der Waals surface area contributed by atoms with E-state index in [-0.39, 0.29) is 0 Å². The van der Waals surface area contributed by atoms with Crippen molar-refractivity contribution in [1.82, 2.24) is 4.90 Å².